The summed E-state index contributed by atoms with van der Waals surface area (Å²) in [7, 11) is 1.89. The molecule has 0 aliphatic rings. The number of halogens is 1. The third-order valence-corrected chi connectivity index (χ3v) is 1.64. The van der Waals surface area contributed by atoms with Gasteiger partial charge in [-0.05, 0) is 6.92 Å². The third-order valence-electron chi connectivity index (χ3n) is 1.46. The van der Waals surface area contributed by atoms with Gasteiger partial charge in [0.1, 0.15) is 0 Å². The Kier molecular flexibility index (Phi) is 3.19. The first-order valence-electron chi connectivity index (χ1n) is 3.79. The van der Waals surface area contributed by atoms with Crippen molar-refractivity contribution in [2.24, 2.45) is 7.05 Å². The summed E-state index contributed by atoms with van der Waals surface area (Å²) in [5.74, 6) is 6.58. The van der Waals surface area contributed by atoms with Gasteiger partial charge in [-0.2, -0.15) is 5.10 Å². The molecule has 0 spiro atoms. The first-order valence-corrected chi connectivity index (χ1v) is 4.32. The Morgan fingerprint density at radius 2 is 2.42 bits per heavy atom. The lowest BCUT2D eigenvalue weighted by Crippen LogP contribution is -1.86. The molecule has 0 fully saturated rings. The second kappa shape index (κ2) is 4.18. The summed E-state index contributed by atoms with van der Waals surface area (Å²) >= 11 is 5.49. The van der Waals surface area contributed by atoms with Crippen molar-refractivity contribution >= 4 is 11.6 Å². The molecular weight excluding hydrogens is 172 g/mol. The molecule has 12 heavy (non-hydrogen) atoms. The minimum absolute atomic E-state index is 0.590. The van der Waals surface area contributed by atoms with E-state index in [-0.39, 0.29) is 0 Å². The molecule has 0 saturated carbocycles. The van der Waals surface area contributed by atoms with Crippen molar-refractivity contribution in [1.29, 1.82) is 0 Å². The van der Waals surface area contributed by atoms with Crippen LogP contribution < -0.4 is 0 Å². The molecule has 0 amide bonds. The molecule has 0 aliphatic carbocycles. The molecule has 1 heterocycles. The predicted molar refractivity (Wildman–Crippen MR) is 50.2 cm³/mol. The predicted octanol–water partition coefficient (Wildman–Crippen LogP) is 1.71. The van der Waals surface area contributed by atoms with E-state index in [1.807, 2.05) is 20.2 Å². The van der Waals surface area contributed by atoms with Crippen LogP contribution >= 0.6 is 11.6 Å². The maximum absolute atomic E-state index is 5.49. The van der Waals surface area contributed by atoms with Crippen LogP contribution in [0, 0.1) is 18.8 Å². The van der Waals surface area contributed by atoms with Crippen molar-refractivity contribution in [2.45, 2.75) is 13.3 Å². The molecule has 0 saturated heterocycles. The molecule has 0 bridgehead atoms. The molecule has 1 aromatic heterocycles. The van der Waals surface area contributed by atoms with Gasteiger partial charge in [-0.3, -0.25) is 4.68 Å². The molecular formula is C9H11ClN2. The number of hydrogen-bond acceptors (Lipinski definition) is 1. The van der Waals surface area contributed by atoms with Gasteiger partial charge >= 0.3 is 0 Å². The number of nitrogens with zero attached hydrogens (tertiary/aromatic N) is 2. The second-order valence-electron chi connectivity index (χ2n) is 2.54. The van der Waals surface area contributed by atoms with Crippen LogP contribution in [0.25, 0.3) is 0 Å². The summed E-state index contributed by atoms with van der Waals surface area (Å²) in [5.41, 5.74) is 1.96. The van der Waals surface area contributed by atoms with Crippen molar-refractivity contribution in [1.82, 2.24) is 9.78 Å². The minimum Gasteiger partial charge on any atom is -0.274 e. The maximum Gasteiger partial charge on any atom is 0.0750 e. The van der Waals surface area contributed by atoms with E-state index in [0.717, 1.165) is 17.7 Å². The fourth-order valence-electron chi connectivity index (χ4n) is 0.927. The van der Waals surface area contributed by atoms with Crippen molar-refractivity contribution in [2.75, 3.05) is 5.88 Å². The lowest BCUT2D eigenvalue weighted by atomic mass is 10.2. The van der Waals surface area contributed by atoms with Crippen LogP contribution in [0.15, 0.2) is 6.20 Å². The molecule has 0 N–H and O–H groups in total. The van der Waals surface area contributed by atoms with E-state index in [2.05, 4.69) is 16.9 Å². The molecule has 2 nitrogen and oxygen atoms in total. The van der Waals surface area contributed by atoms with Crippen LogP contribution in [0.3, 0.4) is 0 Å². The maximum atomic E-state index is 5.49. The van der Waals surface area contributed by atoms with Crippen molar-refractivity contribution in [3.63, 3.8) is 0 Å². The standard InChI is InChI=1S/C9H11ClN2/c1-8-9(5-3-4-6-10)7-12(2)11-8/h7H,4,6H2,1-2H3. The summed E-state index contributed by atoms with van der Waals surface area (Å²) in [6, 6.07) is 0. The molecule has 0 radical (unpaired) electrons. The summed E-state index contributed by atoms with van der Waals surface area (Å²) in [4.78, 5) is 0. The van der Waals surface area contributed by atoms with Gasteiger partial charge in [0.2, 0.25) is 0 Å². The van der Waals surface area contributed by atoms with Crippen LogP contribution in [-0.2, 0) is 7.05 Å². The largest absolute Gasteiger partial charge is 0.274 e. The van der Waals surface area contributed by atoms with Crippen LogP contribution in [0.5, 0.6) is 0 Å². The lowest BCUT2D eigenvalue weighted by Gasteiger charge is -1.80. The average Bonchev–Trinajstić information content (AvgIpc) is 2.31. The van der Waals surface area contributed by atoms with Gasteiger partial charge in [-0.15, -0.1) is 11.6 Å². The first-order chi connectivity index (χ1) is 5.74. The molecule has 1 aromatic rings. The fraction of sp³-hybridized carbons (Fsp3) is 0.444. The number of hydrogen-bond donors (Lipinski definition) is 0. The smallest absolute Gasteiger partial charge is 0.0750 e. The lowest BCUT2D eigenvalue weighted by molar-refractivity contribution is 0.756. The third kappa shape index (κ3) is 2.28. The monoisotopic (exact) mass is 182 g/mol. The number of aromatic nitrogens is 2. The van der Waals surface area contributed by atoms with E-state index in [0.29, 0.717) is 5.88 Å². The Morgan fingerprint density at radius 3 is 2.92 bits per heavy atom. The zero-order valence-electron chi connectivity index (χ0n) is 7.26. The van der Waals surface area contributed by atoms with Crippen molar-refractivity contribution in [3.8, 4) is 11.8 Å². The quantitative estimate of drug-likeness (QED) is 0.478. The highest BCUT2D eigenvalue weighted by Crippen LogP contribution is 2.01. The summed E-state index contributed by atoms with van der Waals surface area (Å²) in [5, 5.41) is 4.17. The van der Waals surface area contributed by atoms with Gasteiger partial charge in [-0.25, -0.2) is 0 Å². The SMILES string of the molecule is Cc1nn(C)cc1C#CCCCl. The topological polar surface area (TPSA) is 17.8 Å². The fourth-order valence-corrected chi connectivity index (χ4v) is 1.02. The Labute approximate surface area is 77.5 Å². The molecule has 0 aromatic carbocycles. The van der Waals surface area contributed by atoms with Gasteiger partial charge < -0.3 is 0 Å². The summed E-state index contributed by atoms with van der Waals surface area (Å²) in [6.07, 6.45) is 2.65. The Balaban J connectivity index is 2.76. The van der Waals surface area contributed by atoms with Crippen molar-refractivity contribution in [3.05, 3.63) is 17.5 Å². The van der Waals surface area contributed by atoms with E-state index in [9.17, 15) is 0 Å². The normalized spacial score (nSPS) is 9.25. The number of rotatable bonds is 1. The molecule has 3 heteroatoms. The summed E-state index contributed by atoms with van der Waals surface area (Å²) < 4.78 is 1.76. The zero-order valence-corrected chi connectivity index (χ0v) is 8.02. The average molecular weight is 183 g/mol. The van der Waals surface area contributed by atoms with Gasteiger partial charge in [0, 0.05) is 25.5 Å². The van der Waals surface area contributed by atoms with Crippen molar-refractivity contribution < 1.29 is 0 Å². The van der Waals surface area contributed by atoms with E-state index >= 15 is 0 Å². The highest BCUT2D eigenvalue weighted by molar-refractivity contribution is 6.18. The zero-order chi connectivity index (χ0) is 8.97. The Hall–Kier alpha value is -0.940. The number of aryl methyl sites for hydroxylation is 2. The highest BCUT2D eigenvalue weighted by atomic mass is 35.5. The van der Waals surface area contributed by atoms with E-state index < -0.39 is 0 Å². The van der Waals surface area contributed by atoms with E-state index in [1.54, 1.807) is 4.68 Å². The molecule has 1 rings (SSSR count). The van der Waals surface area contributed by atoms with Gasteiger partial charge in [0.25, 0.3) is 0 Å². The molecule has 0 aliphatic heterocycles. The minimum atomic E-state index is 0.590. The molecule has 64 valence electrons. The number of alkyl halides is 1. The van der Waals surface area contributed by atoms with E-state index in [1.165, 1.54) is 0 Å². The van der Waals surface area contributed by atoms with Crippen LogP contribution in [0.4, 0.5) is 0 Å². The second-order valence-corrected chi connectivity index (χ2v) is 2.92. The first kappa shape index (κ1) is 9.15. The van der Waals surface area contributed by atoms with Gasteiger partial charge in [-0.1, -0.05) is 11.8 Å². The van der Waals surface area contributed by atoms with Crippen LogP contribution in [0.1, 0.15) is 17.7 Å². The molecule has 0 unspecified atom stereocenters. The van der Waals surface area contributed by atoms with Gasteiger partial charge in [0.05, 0.1) is 11.3 Å². The summed E-state index contributed by atoms with van der Waals surface area (Å²) in [6.45, 7) is 1.95. The van der Waals surface area contributed by atoms with E-state index in [4.69, 9.17) is 11.6 Å². The Morgan fingerprint density at radius 1 is 1.67 bits per heavy atom. The van der Waals surface area contributed by atoms with Crippen LogP contribution in [-0.4, -0.2) is 15.7 Å². The van der Waals surface area contributed by atoms with Crippen LogP contribution in [0.2, 0.25) is 0 Å². The van der Waals surface area contributed by atoms with Gasteiger partial charge in [0.15, 0.2) is 0 Å². The highest BCUT2D eigenvalue weighted by Gasteiger charge is 1.97. The molecule has 0 atom stereocenters. The Bertz CT molecular complexity index is 317.